The van der Waals surface area contributed by atoms with Crippen LogP contribution in [0.2, 0.25) is 0 Å². The smallest absolute Gasteiger partial charge is 0.202 e. The van der Waals surface area contributed by atoms with E-state index in [1.54, 1.807) is 11.8 Å². The molecular weight excluding hydrogens is 429 g/mol. The van der Waals surface area contributed by atoms with Crippen LogP contribution >= 0.6 is 27.7 Å². The Labute approximate surface area is 161 Å². The van der Waals surface area contributed by atoms with Crippen LogP contribution in [0, 0.1) is 17.3 Å². The van der Waals surface area contributed by atoms with E-state index in [0.717, 1.165) is 12.2 Å². The van der Waals surface area contributed by atoms with Gasteiger partial charge in [-0.3, -0.25) is 10.7 Å². The van der Waals surface area contributed by atoms with Crippen molar-refractivity contribution in [3.63, 3.8) is 0 Å². The maximum absolute atomic E-state index is 13.2. The summed E-state index contributed by atoms with van der Waals surface area (Å²) in [7, 11) is 0. The minimum Gasteiger partial charge on any atom is -0.365 e. The van der Waals surface area contributed by atoms with Crippen molar-refractivity contribution in [2.45, 2.75) is 6.42 Å². The first-order valence-corrected chi connectivity index (χ1v) is 9.35. The highest BCUT2D eigenvalue weighted by Crippen LogP contribution is 2.23. The van der Waals surface area contributed by atoms with E-state index in [2.05, 4.69) is 42.3 Å². The number of hydrogen-bond acceptors (Lipinski definition) is 9. The lowest BCUT2D eigenvalue weighted by molar-refractivity contribution is 0.234. The fourth-order valence-electron chi connectivity index (χ4n) is 1.70. The molecule has 0 unspecified atom stereocenters. The zero-order valence-corrected chi connectivity index (χ0v) is 16.1. The SMILES string of the molecule is CSCCCNc1nonc1C(=Nc1ccc(F)c(Br)c1)NO.N#CN. The second-order valence-electron chi connectivity index (χ2n) is 4.53. The number of amidine groups is 1. The van der Waals surface area contributed by atoms with E-state index < -0.39 is 5.82 Å². The Kier molecular flexibility index (Phi) is 10.1. The van der Waals surface area contributed by atoms with Gasteiger partial charge in [-0.25, -0.2) is 14.0 Å². The Morgan fingerprint density at radius 3 is 2.88 bits per heavy atom. The monoisotopic (exact) mass is 445 g/mol. The van der Waals surface area contributed by atoms with Crippen molar-refractivity contribution in [3.8, 4) is 6.19 Å². The second kappa shape index (κ2) is 12.1. The molecule has 0 aliphatic rings. The number of nitriles is 1. The van der Waals surface area contributed by atoms with Gasteiger partial charge in [0.15, 0.2) is 17.7 Å². The van der Waals surface area contributed by atoms with Crippen LogP contribution in [-0.4, -0.2) is 39.9 Å². The van der Waals surface area contributed by atoms with Crippen LogP contribution in [0.1, 0.15) is 12.1 Å². The van der Waals surface area contributed by atoms with Crippen molar-refractivity contribution in [1.29, 1.82) is 5.26 Å². The largest absolute Gasteiger partial charge is 0.365 e. The summed E-state index contributed by atoms with van der Waals surface area (Å²) < 4.78 is 18.2. The van der Waals surface area contributed by atoms with Crippen molar-refractivity contribution < 1.29 is 14.2 Å². The number of aliphatic imine (C=N–C) groups is 1. The first-order valence-electron chi connectivity index (χ1n) is 7.16. The van der Waals surface area contributed by atoms with Crippen molar-refractivity contribution in [3.05, 3.63) is 34.2 Å². The Morgan fingerprint density at radius 2 is 2.27 bits per heavy atom. The minimum atomic E-state index is -0.401. The van der Waals surface area contributed by atoms with Crippen LogP contribution in [0.3, 0.4) is 0 Å². The molecule has 0 saturated heterocycles. The molecule has 0 fully saturated rings. The van der Waals surface area contributed by atoms with Gasteiger partial charge in [0.25, 0.3) is 0 Å². The molecule has 0 radical (unpaired) electrons. The van der Waals surface area contributed by atoms with Crippen molar-refractivity contribution in [2.24, 2.45) is 10.7 Å². The number of anilines is 1. The first kappa shape index (κ1) is 21.7. The lowest BCUT2D eigenvalue weighted by Crippen LogP contribution is -2.22. The van der Waals surface area contributed by atoms with Crippen LogP contribution in [0.25, 0.3) is 0 Å². The Bertz CT molecular complexity index is 766. The maximum atomic E-state index is 13.2. The highest BCUT2D eigenvalue weighted by molar-refractivity contribution is 9.10. The van der Waals surface area contributed by atoms with E-state index in [1.807, 2.05) is 11.7 Å². The molecule has 1 heterocycles. The standard InChI is InChI=1S/C13H15BrFN5O2S.CH2N2/c1-23-6-2-5-16-12-11(19-22-20-12)13(18-21)17-8-3-4-10(15)9(14)7-8;2-1-3/h3-4,7,21H,2,5-6H2,1H3,(H,16,20)(H,17,18);2H2. The lowest BCUT2D eigenvalue weighted by Gasteiger charge is -2.05. The third-order valence-electron chi connectivity index (χ3n) is 2.78. The summed E-state index contributed by atoms with van der Waals surface area (Å²) in [6.07, 6.45) is 4.22. The Morgan fingerprint density at radius 1 is 1.54 bits per heavy atom. The summed E-state index contributed by atoms with van der Waals surface area (Å²) in [5.74, 6) is 1.02. The van der Waals surface area contributed by atoms with E-state index >= 15 is 0 Å². The molecule has 0 atom stereocenters. The molecular formula is C14H17BrFN7O2S. The highest BCUT2D eigenvalue weighted by Gasteiger charge is 2.16. The van der Waals surface area contributed by atoms with Crippen LogP contribution in [0.5, 0.6) is 0 Å². The van der Waals surface area contributed by atoms with E-state index in [0.29, 0.717) is 18.1 Å². The fourth-order valence-corrected chi connectivity index (χ4v) is 2.50. The molecule has 9 nitrogen and oxygen atoms in total. The van der Waals surface area contributed by atoms with Crippen LogP contribution < -0.4 is 16.5 Å². The number of rotatable bonds is 7. The summed E-state index contributed by atoms with van der Waals surface area (Å²) in [5.41, 5.74) is 6.77. The van der Waals surface area contributed by atoms with Gasteiger partial charge in [-0.2, -0.15) is 17.0 Å². The number of thioether (sulfide) groups is 1. The normalized spacial score (nSPS) is 10.5. The summed E-state index contributed by atoms with van der Waals surface area (Å²) in [6.45, 7) is 0.683. The molecule has 2 aromatic rings. The number of nitrogens with two attached hydrogens (primary N) is 1. The third kappa shape index (κ3) is 6.87. The minimum absolute atomic E-state index is 0.0390. The second-order valence-corrected chi connectivity index (χ2v) is 6.37. The van der Waals surface area contributed by atoms with Gasteiger partial charge in [-0.15, -0.1) is 0 Å². The average molecular weight is 446 g/mol. The summed E-state index contributed by atoms with van der Waals surface area (Å²) in [6, 6.07) is 4.21. The molecule has 2 rings (SSSR count). The number of halogens is 2. The van der Waals surface area contributed by atoms with E-state index in [1.165, 1.54) is 24.4 Å². The Hall–Kier alpha value is -2.36. The topological polar surface area (TPSA) is 145 Å². The number of hydrogen-bond donors (Lipinski definition) is 4. The zero-order valence-electron chi connectivity index (χ0n) is 13.7. The van der Waals surface area contributed by atoms with Crippen molar-refractivity contribution in [2.75, 3.05) is 23.9 Å². The zero-order chi connectivity index (χ0) is 19.4. The average Bonchev–Trinajstić information content (AvgIpc) is 3.08. The molecule has 0 amide bonds. The molecule has 0 bridgehead atoms. The van der Waals surface area contributed by atoms with Gasteiger partial charge >= 0.3 is 0 Å². The van der Waals surface area contributed by atoms with Crippen LogP contribution in [0.15, 0.2) is 32.3 Å². The summed E-state index contributed by atoms with van der Waals surface area (Å²) >= 11 is 4.83. The predicted molar refractivity (Wildman–Crippen MR) is 101 cm³/mol. The van der Waals surface area contributed by atoms with E-state index in [-0.39, 0.29) is 16.0 Å². The molecule has 140 valence electrons. The van der Waals surface area contributed by atoms with E-state index in [9.17, 15) is 9.60 Å². The van der Waals surface area contributed by atoms with Crippen LogP contribution in [0.4, 0.5) is 15.9 Å². The fraction of sp³-hybridized carbons (Fsp3) is 0.286. The number of nitrogens with zero attached hydrogens (tertiary/aromatic N) is 4. The molecule has 0 saturated carbocycles. The van der Waals surface area contributed by atoms with Gasteiger partial charge in [0, 0.05) is 6.54 Å². The van der Waals surface area contributed by atoms with Gasteiger partial charge < -0.3 is 11.1 Å². The van der Waals surface area contributed by atoms with Gasteiger partial charge in [0.05, 0.1) is 10.2 Å². The molecule has 1 aromatic heterocycles. The number of aromatic nitrogens is 2. The first-order chi connectivity index (χ1) is 12.6. The Balaban J connectivity index is 0.00000105. The number of hydroxylamine groups is 1. The lowest BCUT2D eigenvalue weighted by atomic mass is 10.3. The summed E-state index contributed by atoms with van der Waals surface area (Å²) in [4.78, 5) is 4.18. The predicted octanol–water partition coefficient (Wildman–Crippen LogP) is 2.62. The third-order valence-corrected chi connectivity index (χ3v) is 4.09. The summed E-state index contributed by atoms with van der Waals surface area (Å²) in [5, 5.41) is 27.0. The van der Waals surface area contributed by atoms with Crippen LogP contribution in [-0.2, 0) is 0 Å². The molecule has 5 N–H and O–H groups in total. The molecule has 0 spiro atoms. The van der Waals surface area contributed by atoms with Gasteiger partial charge in [-0.05, 0) is 62.9 Å². The number of nitrogens with one attached hydrogen (secondary N) is 2. The number of benzene rings is 1. The maximum Gasteiger partial charge on any atom is 0.202 e. The molecule has 26 heavy (non-hydrogen) atoms. The molecule has 0 aliphatic heterocycles. The quantitative estimate of drug-likeness (QED) is 0.126. The molecule has 1 aromatic carbocycles. The molecule has 12 heteroatoms. The van der Waals surface area contributed by atoms with E-state index in [4.69, 9.17) is 9.89 Å². The van der Waals surface area contributed by atoms with Crippen molar-refractivity contribution >= 4 is 45.0 Å². The van der Waals surface area contributed by atoms with Gasteiger partial charge in [-0.1, -0.05) is 0 Å². The molecule has 0 aliphatic carbocycles. The van der Waals surface area contributed by atoms with Gasteiger partial charge in [0.1, 0.15) is 5.82 Å². The highest BCUT2D eigenvalue weighted by atomic mass is 79.9. The van der Waals surface area contributed by atoms with Gasteiger partial charge in [0.2, 0.25) is 5.82 Å². The van der Waals surface area contributed by atoms with Crippen molar-refractivity contribution in [1.82, 2.24) is 15.8 Å².